The number of hydrogen-bond donors (Lipinski definition) is 3. The summed E-state index contributed by atoms with van der Waals surface area (Å²) in [4.78, 5) is 23.0. The molecule has 2 amide bonds. The van der Waals surface area contributed by atoms with Crippen molar-refractivity contribution in [1.29, 1.82) is 0 Å². The zero-order chi connectivity index (χ0) is 15.2. The summed E-state index contributed by atoms with van der Waals surface area (Å²) in [5.74, 6) is -0.177. The first-order chi connectivity index (χ1) is 9.28. The molecule has 1 aromatic rings. The lowest BCUT2D eigenvalue weighted by Crippen LogP contribution is -2.46. The minimum atomic E-state index is -0.377. The van der Waals surface area contributed by atoms with Crippen LogP contribution in [0.3, 0.4) is 0 Å². The molecule has 6 heteroatoms. The first-order valence-corrected chi connectivity index (χ1v) is 6.33. The summed E-state index contributed by atoms with van der Waals surface area (Å²) >= 11 is 0. The lowest BCUT2D eigenvalue weighted by Gasteiger charge is -2.20. The van der Waals surface area contributed by atoms with E-state index in [4.69, 9.17) is 10.5 Å². The van der Waals surface area contributed by atoms with Gasteiger partial charge in [-0.05, 0) is 32.9 Å². The number of para-hydroxylation sites is 2. The number of rotatable bonds is 5. The van der Waals surface area contributed by atoms with E-state index in [-0.39, 0.29) is 30.5 Å². The third kappa shape index (κ3) is 6.08. The van der Waals surface area contributed by atoms with Crippen LogP contribution in [0.4, 0.5) is 5.69 Å². The molecule has 1 rings (SSSR count). The molecule has 0 aliphatic rings. The number of carbonyl (C=O) groups is 2. The summed E-state index contributed by atoms with van der Waals surface area (Å²) in [6.45, 7) is 5.34. The predicted octanol–water partition coefficient (Wildman–Crippen LogP) is 0.679. The van der Waals surface area contributed by atoms with Gasteiger partial charge in [0.1, 0.15) is 5.75 Å². The Bertz CT molecular complexity index is 481. The molecule has 0 atom stereocenters. The summed E-state index contributed by atoms with van der Waals surface area (Å²) in [5, 5.41) is 5.22. The van der Waals surface area contributed by atoms with Crippen molar-refractivity contribution in [3.8, 4) is 5.75 Å². The molecule has 0 saturated carbocycles. The molecule has 20 heavy (non-hydrogen) atoms. The topological polar surface area (TPSA) is 93.5 Å². The average molecular weight is 279 g/mol. The molecule has 0 aliphatic carbocycles. The van der Waals surface area contributed by atoms with Crippen LogP contribution in [0.2, 0.25) is 0 Å². The van der Waals surface area contributed by atoms with Gasteiger partial charge >= 0.3 is 0 Å². The van der Waals surface area contributed by atoms with E-state index in [9.17, 15) is 9.59 Å². The van der Waals surface area contributed by atoms with Crippen molar-refractivity contribution >= 4 is 17.5 Å². The maximum atomic E-state index is 11.5. The molecule has 4 N–H and O–H groups in total. The minimum absolute atomic E-state index is 0.0796. The van der Waals surface area contributed by atoms with E-state index >= 15 is 0 Å². The van der Waals surface area contributed by atoms with Gasteiger partial charge in [-0.2, -0.15) is 0 Å². The van der Waals surface area contributed by atoms with Gasteiger partial charge in [0.2, 0.25) is 5.91 Å². The number of nitrogens with one attached hydrogen (secondary N) is 2. The largest absolute Gasteiger partial charge is 0.482 e. The zero-order valence-electron chi connectivity index (χ0n) is 12.0. The Morgan fingerprint density at radius 3 is 2.45 bits per heavy atom. The molecular weight excluding hydrogens is 258 g/mol. The van der Waals surface area contributed by atoms with Crippen molar-refractivity contribution in [2.75, 3.05) is 18.9 Å². The van der Waals surface area contributed by atoms with Crippen molar-refractivity contribution in [2.24, 2.45) is 0 Å². The number of anilines is 1. The minimum Gasteiger partial charge on any atom is -0.482 e. The van der Waals surface area contributed by atoms with Crippen molar-refractivity contribution < 1.29 is 14.3 Å². The van der Waals surface area contributed by atoms with Gasteiger partial charge in [0.05, 0.1) is 12.2 Å². The number of benzene rings is 1. The van der Waals surface area contributed by atoms with E-state index in [1.165, 1.54) is 0 Å². The van der Waals surface area contributed by atoms with E-state index in [1.54, 1.807) is 24.3 Å². The van der Waals surface area contributed by atoms with Crippen LogP contribution >= 0.6 is 0 Å². The van der Waals surface area contributed by atoms with E-state index in [1.807, 2.05) is 20.8 Å². The Morgan fingerprint density at radius 2 is 1.85 bits per heavy atom. The van der Waals surface area contributed by atoms with Gasteiger partial charge in [-0.3, -0.25) is 9.59 Å². The summed E-state index contributed by atoms with van der Waals surface area (Å²) < 4.78 is 5.26. The highest BCUT2D eigenvalue weighted by molar-refractivity contribution is 5.85. The van der Waals surface area contributed by atoms with Gasteiger partial charge < -0.3 is 21.1 Å². The number of ether oxygens (including phenoxy) is 1. The number of nitrogen functional groups attached to an aromatic ring is 1. The molecule has 0 fully saturated rings. The molecule has 0 aliphatic heterocycles. The van der Waals surface area contributed by atoms with Crippen molar-refractivity contribution in [2.45, 2.75) is 26.3 Å². The van der Waals surface area contributed by atoms with Gasteiger partial charge in [-0.1, -0.05) is 12.1 Å². The molecule has 0 unspecified atom stereocenters. The van der Waals surface area contributed by atoms with Crippen LogP contribution in [0.15, 0.2) is 24.3 Å². The maximum absolute atomic E-state index is 11.5. The summed E-state index contributed by atoms with van der Waals surface area (Å²) in [7, 11) is 0. The highest BCUT2D eigenvalue weighted by Crippen LogP contribution is 2.19. The van der Waals surface area contributed by atoms with E-state index < -0.39 is 0 Å². The van der Waals surface area contributed by atoms with Crippen LogP contribution in [0, 0.1) is 0 Å². The summed E-state index contributed by atoms with van der Waals surface area (Å²) in [6, 6.07) is 6.90. The number of hydrogen-bond acceptors (Lipinski definition) is 4. The maximum Gasteiger partial charge on any atom is 0.258 e. The summed E-state index contributed by atoms with van der Waals surface area (Å²) in [6.07, 6.45) is 0. The molecular formula is C14H21N3O3. The molecule has 0 saturated heterocycles. The smallest absolute Gasteiger partial charge is 0.258 e. The first-order valence-electron chi connectivity index (χ1n) is 6.33. The number of nitrogens with two attached hydrogens (primary N) is 1. The Labute approximate surface area is 118 Å². The van der Waals surface area contributed by atoms with Crippen molar-refractivity contribution in [3.63, 3.8) is 0 Å². The first kappa shape index (κ1) is 15.8. The summed E-state index contributed by atoms with van der Waals surface area (Å²) in [5.41, 5.74) is 5.82. The Balaban J connectivity index is 2.31. The molecule has 0 heterocycles. The normalized spacial score (nSPS) is 10.8. The van der Waals surface area contributed by atoms with Crippen molar-refractivity contribution in [3.05, 3.63) is 24.3 Å². The highest BCUT2D eigenvalue weighted by Gasteiger charge is 2.14. The lowest BCUT2D eigenvalue weighted by atomic mass is 10.1. The van der Waals surface area contributed by atoms with Crippen LogP contribution in [-0.4, -0.2) is 30.5 Å². The second-order valence-corrected chi connectivity index (χ2v) is 5.40. The second kappa shape index (κ2) is 6.79. The quantitative estimate of drug-likeness (QED) is 0.691. The standard InChI is InChI=1S/C14H21N3O3/c1-14(2,3)17-12(18)8-16-13(19)9-20-11-7-5-4-6-10(11)15/h4-7H,8-9,15H2,1-3H3,(H,16,19)(H,17,18). The Morgan fingerprint density at radius 1 is 1.20 bits per heavy atom. The number of carbonyl (C=O) groups excluding carboxylic acids is 2. The molecule has 110 valence electrons. The molecule has 0 bridgehead atoms. The molecule has 0 spiro atoms. The van der Waals surface area contributed by atoms with Crippen LogP contribution in [-0.2, 0) is 9.59 Å². The predicted molar refractivity (Wildman–Crippen MR) is 77.3 cm³/mol. The van der Waals surface area contributed by atoms with Gasteiger partial charge in [-0.15, -0.1) is 0 Å². The van der Waals surface area contributed by atoms with E-state index in [0.29, 0.717) is 11.4 Å². The average Bonchev–Trinajstić information content (AvgIpc) is 2.33. The molecule has 0 radical (unpaired) electrons. The van der Waals surface area contributed by atoms with Crippen LogP contribution in [0.5, 0.6) is 5.75 Å². The van der Waals surface area contributed by atoms with E-state index in [2.05, 4.69) is 10.6 Å². The Kier molecular flexibility index (Phi) is 5.37. The van der Waals surface area contributed by atoms with Crippen LogP contribution in [0.25, 0.3) is 0 Å². The monoisotopic (exact) mass is 279 g/mol. The van der Waals surface area contributed by atoms with Crippen LogP contribution in [0.1, 0.15) is 20.8 Å². The number of amides is 2. The second-order valence-electron chi connectivity index (χ2n) is 5.40. The Hall–Kier alpha value is -2.24. The van der Waals surface area contributed by atoms with Gasteiger partial charge in [-0.25, -0.2) is 0 Å². The third-order valence-corrected chi connectivity index (χ3v) is 2.24. The fourth-order valence-electron chi connectivity index (χ4n) is 1.45. The van der Waals surface area contributed by atoms with Gasteiger partial charge in [0.25, 0.3) is 5.91 Å². The molecule has 1 aromatic carbocycles. The molecule has 6 nitrogen and oxygen atoms in total. The SMILES string of the molecule is CC(C)(C)NC(=O)CNC(=O)COc1ccccc1N. The highest BCUT2D eigenvalue weighted by atomic mass is 16.5. The third-order valence-electron chi connectivity index (χ3n) is 2.24. The fourth-order valence-corrected chi connectivity index (χ4v) is 1.45. The fraction of sp³-hybridized carbons (Fsp3) is 0.429. The van der Waals surface area contributed by atoms with E-state index in [0.717, 1.165) is 0 Å². The van der Waals surface area contributed by atoms with Gasteiger partial charge in [0, 0.05) is 5.54 Å². The van der Waals surface area contributed by atoms with Crippen LogP contribution < -0.4 is 21.1 Å². The van der Waals surface area contributed by atoms with Gasteiger partial charge in [0.15, 0.2) is 6.61 Å². The van der Waals surface area contributed by atoms with Crippen molar-refractivity contribution in [1.82, 2.24) is 10.6 Å². The lowest BCUT2D eigenvalue weighted by molar-refractivity contribution is -0.127. The molecule has 0 aromatic heterocycles. The zero-order valence-corrected chi connectivity index (χ0v) is 12.0.